The lowest BCUT2D eigenvalue weighted by Gasteiger charge is -2.01. The fraction of sp³-hybridized carbons (Fsp3) is 0.0667. The maximum absolute atomic E-state index is 11.8. The van der Waals surface area contributed by atoms with Crippen LogP contribution in [-0.2, 0) is 0 Å². The van der Waals surface area contributed by atoms with Gasteiger partial charge in [0.2, 0.25) is 0 Å². The van der Waals surface area contributed by atoms with E-state index in [-0.39, 0.29) is 11.5 Å². The van der Waals surface area contributed by atoms with Crippen LogP contribution in [0.5, 0.6) is 0 Å². The molecule has 0 bridgehead atoms. The number of hydrogen-bond acceptors (Lipinski definition) is 3. The van der Waals surface area contributed by atoms with E-state index in [1.54, 1.807) is 36.7 Å². The molecule has 1 N–H and O–H groups in total. The van der Waals surface area contributed by atoms with Crippen LogP contribution in [0.4, 0.5) is 0 Å². The topological polar surface area (TPSA) is 50.2 Å². The summed E-state index contributed by atoms with van der Waals surface area (Å²) in [4.78, 5) is 15.7. The number of rotatable bonds is 3. The van der Waals surface area contributed by atoms with Crippen LogP contribution >= 0.6 is 0 Å². The van der Waals surface area contributed by atoms with Crippen molar-refractivity contribution in [3.05, 3.63) is 71.6 Å². The van der Waals surface area contributed by atoms with Gasteiger partial charge in [0.25, 0.3) is 0 Å². The molecule has 1 aromatic heterocycles. The number of nitrogens with zero attached hydrogens (tertiary/aromatic N) is 1. The first-order valence-electron chi connectivity index (χ1n) is 5.59. The molecule has 0 aliphatic carbocycles. The van der Waals surface area contributed by atoms with Gasteiger partial charge in [0.05, 0.1) is 0 Å². The number of carbonyl (C=O) groups excluding carboxylic acids is 1. The largest absolute Gasteiger partial charge is 0.507 e. The Bertz CT molecular complexity index is 571. The third-order valence-corrected chi connectivity index (χ3v) is 2.58. The molecule has 2 aromatic rings. The number of ketones is 1. The summed E-state index contributed by atoms with van der Waals surface area (Å²) >= 11 is 0. The lowest BCUT2D eigenvalue weighted by molar-refractivity contribution is 0.104. The minimum Gasteiger partial charge on any atom is -0.507 e. The second kappa shape index (κ2) is 5.27. The van der Waals surface area contributed by atoms with Crippen LogP contribution in [0.1, 0.15) is 21.5 Å². The lowest BCUT2D eigenvalue weighted by atomic mass is 10.1. The SMILES string of the molecule is Cc1ccc(/C(O)=C/C(=O)c2ccncc2)cc1. The van der Waals surface area contributed by atoms with Crippen LogP contribution in [0, 0.1) is 6.92 Å². The second-order valence-electron chi connectivity index (χ2n) is 4.00. The summed E-state index contributed by atoms with van der Waals surface area (Å²) in [7, 11) is 0. The van der Waals surface area contributed by atoms with Crippen molar-refractivity contribution in [1.29, 1.82) is 0 Å². The lowest BCUT2D eigenvalue weighted by Crippen LogP contribution is -1.96. The highest BCUT2D eigenvalue weighted by Gasteiger charge is 2.05. The number of aryl methyl sites for hydroxylation is 1. The normalized spacial score (nSPS) is 11.3. The predicted octanol–water partition coefficient (Wildman–Crippen LogP) is 3.17. The molecule has 1 heterocycles. The predicted molar refractivity (Wildman–Crippen MR) is 70.4 cm³/mol. The minimum atomic E-state index is -0.240. The highest BCUT2D eigenvalue weighted by Crippen LogP contribution is 2.13. The molecule has 0 fully saturated rings. The van der Waals surface area contributed by atoms with E-state index < -0.39 is 0 Å². The van der Waals surface area contributed by atoms with Gasteiger partial charge < -0.3 is 5.11 Å². The van der Waals surface area contributed by atoms with Crippen LogP contribution in [-0.4, -0.2) is 15.9 Å². The van der Waals surface area contributed by atoms with E-state index in [4.69, 9.17) is 0 Å². The number of aromatic nitrogens is 1. The first-order chi connectivity index (χ1) is 8.66. The second-order valence-corrected chi connectivity index (χ2v) is 4.00. The first-order valence-corrected chi connectivity index (χ1v) is 5.59. The van der Waals surface area contributed by atoms with Crippen molar-refractivity contribution in [3.8, 4) is 0 Å². The van der Waals surface area contributed by atoms with Crippen molar-refractivity contribution in [3.63, 3.8) is 0 Å². The smallest absolute Gasteiger partial charge is 0.189 e. The molecule has 2 rings (SSSR count). The number of carbonyl (C=O) groups is 1. The van der Waals surface area contributed by atoms with E-state index in [0.717, 1.165) is 5.56 Å². The molecule has 18 heavy (non-hydrogen) atoms. The van der Waals surface area contributed by atoms with Gasteiger partial charge in [0, 0.05) is 29.6 Å². The average molecular weight is 239 g/mol. The van der Waals surface area contributed by atoms with E-state index in [9.17, 15) is 9.90 Å². The van der Waals surface area contributed by atoms with Crippen LogP contribution < -0.4 is 0 Å². The van der Waals surface area contributed by atoms with E-state index in [1.807, 2.05) is 19.1 Å². The molecular formula is C15H13NO2. The summed E-state index contributed by atoms with van der Waals surface area (Å²) in [6, 6.07) is 10.6. The fourth-order valence-electron chi connectivity index (χ4n) is 1.53. The molecular weight excluding hydrogens is 226 g/mol. The van der Waals surface area contributed by atoms with Gasteiger partial charge in [-0.25, -0.2) is 0 Å². The zero-order chi connectivity index (χ0) is 13.0. The van der Waals surface area contributed by atoms with Crippen molar-refractivity contribution >= 4 is 11.5 Å². The molecule has 0 amide bonds. The van der Waals surface area contributed by atoms with Crippen molar-refractivity contribution in [2.75, 3.05) is 0 Å². The Morgan fingerprint density at radius 2 is 1.67 bits per heavy atom. The number of pyridine rings is 1. The summed E-state index contributed by atoms with van der Waals surface area (Å²) in [5, 5.41) is 9.87. The highest BCUT2D eigenvalue weighted by atomic mass is 16.3. The zero-order valence-electron chi connectivity index (χ0n) is 10.00. The minimum absolute atomic E-state index is 0.0307. The van der Waals surface area contributed by atoms with E-state index in [2.05, 4.69) is 4.98 Å². The molecule has 0 atom stereocenters. The maximum atomic E-state index is 11.8. The van der Waals surface area contributed by atoms with Crippen LogP contribution in [0.2, 0.25) is 0 Å². The zero-order valence-corrected chi connectivity index (χ0v) is 10.00. The molecule has 0 saturated heterocycles. The molecule has 1 aromatic carbocycles. The number of aliphatic hydroxyl groups is 1. The summed E-state index contributed by atoms with van der Waals surface area (Å²) in [6.45, 7) is 1.96. The van der Waals surface area contributed by atoms with E-state index in [1.165, 1.54) is 6.08 Å². The molecule has 3 nitrogen and oxygen atoms in total. The summed E-state index contributed by atoms with van der Waals surface area (Å²) in [5.41, 5.74) is 2.23. The maximum Gasteiger partial charge on any atom is 0.189 e. The van der Waals surface area contributed by atoms with Gasteiger partial charge in [-0.15, -0.1) is 0 Å². The van der Waals surface area contributed by atoms with E-state index in [0.29, 0.717) is 11.1 Å². The Kier molecular flexibility index (Phi) is 3.53. The number of allylic oxidation sites excluding steroid dienone is 1. The Hall–Kier alpha value is -2.42. The Labute approximate surface area is 105 Å². The van der Waals surface area contributed by atoms with Crippen molar-refractivity contribution in [1.82, 2.24) is 4.98 Å². The molecule has 0 aliphatic heterocycles. The van der Waals surface area contributed by atoms with Crippen LogP contribution in [0.15, 0.2) is 54.9 Å². The quantitative estimate of drug-likeness (QED) is 0.508. The van der Waals surface area contributed by atoms with Gasteiger partial charge in [-0.2, -0.15) is 0 Å². The number of hydrogen-bond donors (Lipinski definition) is 1. The molecule has 0 spiro atoms. The molecule has 90 valence electrons. The highest BCUT2D eigenvalue weighted by molar-refractivity contribution is 6.07. The fourth-order valence-corrected chi connectivity index (χ4v) is 1.53. The van der Waals surface area contributed by atoms with Gasteiger partial charge in [-0.3, -0.25) is 9.78 Å². The molecule has 0 radical (unpaired) electrons. The Morgan fingerprint density at radius 1 is 1.06 bits per heavy atom. The molecule has 0 aliphatic rings. The Morgan fingerprint density at radius 3 is 2.28 bits per heavy atom. The van der Waals surface area contributed by atoms with Crippen molar-refractivity contribution in [2.24, 2.45) is 0 Å². The van der Waals surface area contributed by atoms with Gasteiger partial charge in [0.1, 0.15) is 5.76 Å². The van der Waals surface area contributed by atoms with Gasteiger partial charge in [0.15, 0.2) is 5.78 Å². The molecule has 3 heteroatoms. The van der Waals surface area contributed by atoms with E-state index >= 15 is 0 Å². The third-order valence-electron chi connectivity index (χ3n) is 2.58. The van der Waals surface area contributed by atoms with Gasteiger partial charge >= 0.3 is 0 Å². The first kappa shape index (κ1) is 12.0. The Balaban J connectivity index is 2.23. The summed E-state index contributed by atoms with van der Waals surface area (Å²) in [6.07, 6.45) is 4.31. The number of benzene rings is 1. The average Bonchev–Trinajstić information content (AvgIpc) is 2.40. The molecule has 0 unspecified atom stereocenters. The van der Waals surface area contributed by atoms with Gasteiger partial charge in [-0.1, -0.05) is 29.8 Å². The third kappa shape index (κ3) is 2.83. The summed E-state index contributed by atoms with van der Waals surface area (Å²) in [5.74, 6) is -0.271. The van der Waals surface area contributed by atoms with Crippen LogP contribution in [0.25, 0.3) is 5.76 Å². The summed E-state index contributed by atoms with van der Waals surface area (Å²) < 4.78 is 0. The van der Waals surface area contributed by atoms with Crippen molar-refractivity contribution < 1.29 is 9.90 Å². The van der Waals surface area contributed by atoms with Gasteiger partial charge in [-0.05, 0) is 19.1 Å². The van der Waals surface area contributed by atoms with Crippen LogP contribution in [0.3, 0.4) is 0 Å². The standard InChI is InChI=1S/C15H13NO2/c1-11-2-4-12(5-3-11)14(17)10-15(18)13-6-8-16-9-7-13/h2-10,17H,1H3/b14-10-. The molecule has 0 saturated carbocycles. The monoisotopic (exact) mass is 239 g/mol. The van der Waals surface area contributed by atoms with Crippen molar-refractivity contribution in [2.45, 2.75) is 6.92 Å². The number of aliphatic hydroxyl groups excluding tert-OH is 1.